The largest absolute Gasteiger partial charge is 0.402 e. The summed E-state index contributed by atoms with van der Waals surface area (Å²) in [5.41, 5.74) is 0.268. The van der Waals surface area contributed by atoms with Crippen LogP contribution in [0.3, 0.4) is 0 Å². The van der Waals surface area contributed by atoms with Gasteiger partial charge in [-0.2, -0.15) is 4.31 Å². The second-order valence-electron chi connectivity index (χ2n) is 6.11. The van der Waals surface area contributed by atoms with Crippen molar-refractivity contribution in [2.75, 3.05) is 12.4 Å². The van der Waals surface area contributed by atoms with Crippen LogP contribution in [0.25, 0.3) is 10.8 Å². The van der Waals surface area contributed by atoms with Crippen molar-refractivity contribution >= 4 is 49.2 Å². The number of thiophene rings is 1. The summed E-state index contributed by atoms with van der Waals surface area (Å²) < 4.78 is 32.6. The van der Waals surface area contributed by atoms with Gasteiger partial charge >= 0.3 is 6.01 Å². The SMILES string of the molecule is CC(C)N(C)S(=O)(=O)c1ccc(C(=O)Nc2nnc(-c3ccc(Br)s3)o2)cc1. The van der Waals surface area contributed by atoms with Crippen molar-refractivity contribution in [2.45, 2.75) is 24.8 Å². The molecule has 0 aliphatic carbocycles. The number of nitrogens with zero attached hydrogens (tertiary/aromatic N) is 3. The van der Waals surface area contributed by atoms with Gasteiger partial charge in [0.15, 0.2) is 0 Å². The van der Waals surface area contributed by atoms with Gasteiger partial charge in [0.1, 0.15) is 0 Å². The van der Waals surface area contributed by atoms with Gasteiger partial charge in [-0.15, -0.1) is 16.4 Å². The smallest absolute Gasteiger partial charge is 0.322 e. The third-order valence-corrected chi connectivity index (χ3v) is 7.61. The predicted octanol–water partition coefficient (Wildman–Crippen LogP) is 3.84. The lowest BCUT2D eigenvalue weighted by atomic mass is 10.2. The quantitative estimate of drug-likeness (QED) is 0.569. The Morgan fingerprint density at radius 3 is 2.43 bits per heavy atom. The topological polar surface area (TPSA) is 105 Å². The number of carbonyl (C=O) groups excluding carboxylic acids is 1. The molecule has 0 bridgehead atoms. The van der Waals surface area contributed by atoms with Gasteiger partial charge in [0, 0.05) is 18.7 Å². The van der Waals surface area contributed by atoms with Gasteiger partial charge < -0.3 is 4.42 Å². The lowest BCUT2D eigenvalue weighted by Gasteiger charge is -2.20. The average Bonchev–Trinajstić information content (AvgIpc) is 3.29. The molecule has 1 N–H and O–H groups in total. The van der Waals surface area contributed by atoms with E-state index in [0.717, 1.165) is 8.66 Å². The first-order chi connectivity index (χ1) is 13.2. The maximum atomic E-state index is 12.5. The molecule has 0 radical (unpaired) electrons. The first-order valence-corrected chi connectivity index (χ1v) is 11.2. The molecule has 0 atom stereocenters. The standard InChI is InChI=1S/C17H17BrN4O4S2/c1-10(2)22(3)28(24,25)12-6-4-11(5-7-12)15(23)19-17-21-20-16(26-17)13-8-9-14(18)27-13/h4-10H,1-3H3,(H,19,21,23). The summed E-state index contributed by atoms with van der Waals surface area (Å²) in [7, 11) is -2.09. The molecule has 0 unspecified atom stereocenters. The number of hydrogen-bond acceptors (Lipinski definition) is 7. The van der Waals surface area contributed by atoms with Gasteiger partial charge in [-0.25, -0.2) is 8.42 Å². The van der Waals surface area contributed by atoms with Crippen molar-refractivity contribution in [3.8, 4) is 10.8 Å². The lowest BCUT2D eigenvalue weighted by molar-refractivity contribution is 0.102. The maximum absolute atomic E-state index is 12.5. The van der Waals surface area contributed by atoms with Crippen molar-refractivity contribution in [3.05, 3.63) is 45.7 Å². The summed E-state index contributed by atoms with van der Waals surface area (Å²) in [6.45, 7) is 3.57. The molecule has 148 valence electrons. The molecule has 3 rings (SSSR count). The van der Waals surface area contributed by atoms with Gasteiger partial charge in [-0.05, 0) is 66.2 Å². The number of rotatable bonds is 6. The molecule has 11 heteroatoms. The minimum atomic E-state index is -3.61. The van der Waals surface area contributed by atoms with Crippen LogP contribution in [-0.4, -0.2) is 41.9 Å². The maximum Gasteiger partial charge on any atom is 0.322 e. The fraction of sp³-hybridized carbons (Fsp3) is 0.235. The van der Waals surface area contributed by atoms with Crippen LogP contribution in [0.1, 0.15) is 24.2 Å². The highest BCUT2D eigenvalue weighted by Crippen LogP contribution is 2.31. The molecule has 0 aliphatic rings. The molecule has 0 spiro atoms. The van der Waals surface area contributed by atoms with E-state index in [2.05, 4.69) is 31.4 Å². The molecule has 2 aromatic heterocycles. The van der Waals surface area contributed by atoms with Crippen LogP contribution in [0.2, 0.25) is 0 Å². The third kappa shape index (κ3) is 4.32. The fourth-order valence-corrected chi connectivity index (χ4v) is 4.87. The van der Waals surface area contributed by atoms with Crippen LogP contribution in [0.4, 0.5) is 6.01 Å². The first-order valence-electron chi connectivity index (χ1n) is 8.17. The number of aromatic nitrogens is 2. The molecule has 1 aromatic carbocycles. The van der Waals surface area contributed by atoms with Crippen molar-refractivity contribution in [2.24, 2.45) is 0 Å². The Kier molecular flexibility index (Phi) is 5.98. The number of nitrogens with one attached hydrogen (secondary N) is 1. The third-order valence-electron chi connectivity index (χ3n) is 3.95. The van der Waals surface area contributed by atoms with E-state index in [1.165, 1.54) is 47.0 Å². The van der Waals surface area contributed by atoms with E-state index in [-0.39, 0.29) is 22.5 Å². The second kappa shape index (κ2) is 8.11. The summed E-state index contributed by atoms with van der Waals surface area (Å²) in [6, 6.07) is 9.12. The van der Waals surface area contributed by atoms with E-state index in [9.17, 15) is 13.2 Å². The molecule has 0 fully saturated rings. The Morgan fingerprint density at radius 2 is 1.86 bits per heavy atom. The number of amides is 1. The number of anilines is 1. The average molecular weight is 485 g/mol. The van der Waals surface area contributed by atoms with Gasteiger partial charge in [-0.3, -0.25) is 10.1 Å². The minimum Gasteiger partial charge on any atom is -0.402 e. The van der Waals surface area contributed by atoms with E-state index >= 15 is 0 Å². The monoisotopic (exact) mass is 484 g/mol. The first kappa shape index (κ1) is 20.6. The summed E-state index contributed by atoms with van der Waals surface area (Å²) in [6.07, 6.45) is 0. The molecule has 0 aliphatic heterocycles. The van der Waals surface area contributed by atoms with Crippen molar-refractivity contribution < 1.29 is 17.6 Å². The van der Waals surface area contributed by atoms with Crippen LogP contribution in [-0.2, 0) is 10.0 Å². The van der Waals surface area contributed by atoms with Gasteiger partial charge in [-0.1, -0.05) is 5.10 Å². The Hall–Kier alpha value is -2.08. The van der Waals surface area contributed by atoms with Crippen LogP contribution in [0.15, 0.2) is 49.5 Å². The van der Waals surface area contributed by atoms with Crippen molar-refractivity contribution in [1.29, 1.82) is 0 Å². The van der Waals surface area contributed by atoms with E-state index in [1.807, 2.05) is 12.1 Å². The molecule has 0 saturated heterocycles. The van der Waals surface area contributed by atoms with Crippen molar-refractivity contribution in [1.82, 2.24) is 14.5 Å². The van der Waals surface area contributed by atoms with Crippen LogP contribution in [0.5, 0.6) is 0 Å². The van der Waals surface area contributed by atoms with Crippen LogP contribution in [0, 0.1) is 0 Å². The number of hydrogen-bond donors (Lipinski definition) is 1. The molecule has 3 aromatic rings. The Morgan fingerprint density at radius 1 is 1.18 bits per heavy atom. The molecule has 2 heterocycles. The summed E-state index contributed by atoms with van der Waals surface area (Å²) in [4.78, 5) is 13.2. The predicted molar refractivity (Wildman–Crippen MR) is 110 cm³/mol. The molecule has 1 amide bonds. The summed E-state index contributed by atoms with van der Waals surface area (Å²) in [5.74, 6) is -0.187. The summed E-state index contributed by atoms with van der Waals surface area (Å²) in [5, 5.41) is 10.2. The molecular formula is C17H17BrN4O4S2. The highest BCUT2D eigenvalue weighted by Gasteiger charge is 2.23. The molecule has 28 heavy (non-hydrogen) atoms. The normalized spacial score (nSPS) is 11.9. The zero-order valence-electron chi connectivity index (χ0n) is 15.2. The molecule has 8 nitrogen and oxygen atoms in total. The highest BCUT2D eigenvalue weighted by molar-refractivity contribution is 9.11. The van der Waals surface area contributed by atoms with Crippen LogP contribution >= 0.6 is 27.3 Å². The van der Waals surface area contributed by atoms with Gasteiger partial charge in [0.25, 0.3) is 11.8 Å². The Balaban J connectivity index is 1.73. The minimum absolute atomic E-state index is 0.0410. The highest BCUT2D eigenvalue weighted by atomic mass is 79.9. The molecular weight excluding hydrogens is 468 g/mol. The van der Waals surface area contributed by atoms with Gasteiger partial charge in [0.05, 0.1) is 13.6 Å². The fourth-order valence-electron chi connectivity index (χ4n) is 2.19. The van der Waals surface area contributed by atoms with Crippen molar-refractivity contribution in [3.63, 3.8) is 0 Å². The zero-order valence-corrected chi connectivity index (χ0v) is 18.4. The van der Waals surface area contributed by atoms with E-state index in [0.29, 0.717) is 5.89 Å². The van der Waals surface area contributed by atoms with Gasteiger partial charge in [0.2, 0.25) is 10.0 Å². The number of halogens is 1. The van der Waals surface area contributed by atoms with E-state index in [4.69, 9.17) is 4.42 Å². The van der Waals surface area contributed by atoms with Crippen LogP contribution < -0.4 is 5.32 Å². The lowest BCUT2D eigenvalue weighted by Crippen LogP contribution is -2.33. The number of carbonyl (C=O) groups is 1. The second-order valence-corrected chi connectivity index (χ2v) is 10.6. The number of sulfonamides is 1. The van der Waals surface area contributed by atoms with E-state index < -0.39 is 15.9 Å². The Labute approximate surface area is 174 Å². The Bertz CT molecular complexity index is 1090. The zero-order chi connectivity index (χ0) is 20.5. The number of benzene rings is 1. The van der Waals surface area contributed by atoms with E-state index in [1.54, 1.807) is 13.8 Å². The summed E-state index contributed by atoms with van der Waals surface area (Å²) >= 11 is 4.78. The molecule has 0 saturated carbocycles.